The first kappa shape index (κ1) is 14.5. The third-order valence-corrected chi connectivity index (χ3v) is 3.41. The maximum atomic E-state index is 12.0. The van der Waals surface area contributed by atoms with Crippen molar-refractivity contribution in [1.82, 2.24) is 0 Å². The monoisotopic (exact) mass is 307 g/mol. The fourth-order valence-electron chi connectivity index (χ4n) is 2.44. The molecule has 0 aromatic heterocycles. The number of fused-ring (bicyclic) bond motifs is 1. The van der Waals surface area contributed by atoms with Crippen LogP contribution >= 0.6 is 0 Å². The van der Waals surface area contributed by atoms with Crippen LogP contribution in [0, 0.1) is 0 Å². The van der Waals surface area contributed by atoms with Crippen molar-refractivity contribution in [2.45, 2.75) is 19.4 Å². The average molecular weight is 307 g/mol. The van der Waals surface area contributed by atoms with Gasteiger partial charge in [-0.3, -0.25) is 9.69 Å². The standard InChI is InChI=1S/C15H17NO6/c1-2-19-14(17)8-11-9-16(15(18)22-11)10-3-4-12-13(7-10)21-6-5-20-12/h3-4,7,11H,2,5-6,8-9H2,1H3/t11-/m1/s1. The maximum Gasteiger partial charge on any atom is 0.414 e. The first-order chi connectivity index (χ1) is 10.7. The molecule has 2 aliphatic heterocycles. The zero-order valence-corrected chi connectivity index (χ0v) is 12.2. The van der Waals surface area contributed by atoms with Gasteiger partial charge >= 0.3 is 12.1 Å². The molecule has 0 radical (unpaired) electrons. The van der Waals surface area contributed by atoms with E-state index in [9.17, 15) is 9.59 Å². The molecule has 1 amide bonds. The van der Waals surface area contributed by atoms with Crippen molar-refractivity contribution in [1.29, 1.82) is 0 Å². The van der Waals surface area contributed by atoms with Crippen LogP contribution in [0.3, 0.4) is 0 Å². The van der Waals surface area contributed by atoms with Gasteiger partial charge in [0.1, 0.15) is 19.3 Å². The van der Waals surface area contributed by atoms with Crippen LogP contribution in [-0.4, -0.2) is 44.5 Å². The molecule has 118 valence electrons. The number of cyclic esters (lactones) is 1. The molecule has 1 aromatic rings. The largest absolute Gasteiger partial charge is 0.486 e. The minimum Gasteiger partial charge on any atom is -0.486 e. The minimum absolute atomic E-state index is 0.0562. The van der Waals surface area contributed by atoms with E-state index in [4.69, 9.17) is 18.9 Å². The average Bonchev–Trinajstić information content (AvgIpc) is 2.87. The van der Waals surface area contributed by atoms with Gasteiger partial charge in [0.25, 0.3) is 0 Å². The lowest BCUT2D eigenvalue weighted by molar-refractivity contribution is -0.144. The number of ether oxygens (including phenoxy) is 4. The highest BCUT2D eigenvalue weighted by atomic mass is 16.6. The van der Waals surface area contributed by atoms with Gasteiger partial charge in [0.2, 0.25) is 0 Å². The molecular weight excluding hydrogens is 290 g/mol. The lowest BCUT2D eigenvalue weighted by Crippen LogP contribution is -2.26. The molecule has 0 unspecified atom stereocenters. The highest BCUT2D eigenvalue weighted by Gasteiger charge is 2.34. The smallest absolute Gasteiger partial charge is 0.414 e. The van der Waals surface area contributed by atoms with E-state index >= 15 is 0 Å². The van der Waals surface area contributed by atoms with Crippen LogP contribution in [0.25, 0.3) is 0 Å². The predicted octanol–water partition coefficient (Wildman–Crippen LogP) is 1.74. The number of nitrogens with zero attached hydrogens (tertiary/aromatic N) is 1. The molecule has 0 spiro atoms. The molecule has 2 aliphatic rings. The van der Waals surface area contributed by atoms with Gasteiger partial charge in [-0.25, -0.2) is 4.79 Å². The second-order valence-corrected chi connectivity index (χ2v) is 4.95. The Morgan fingerprint density at radius 3 is 2.86 bits per heavy atom. The normalized spacial score (nSPS) is 19.8. The lowest BCUT2D eigenvalue weighted by Gasteiger charge is -2.20. The Bertz CT molecular complexity index is 587. The van der Waals surface area contributed by atoms with Crippen molar-refractivity contribution in [2.75, 3.05) is 31.3 Å². The number of benzene rings is 1. The fraction of sp³-hybridized carbons (Fsp3) is 0.467. The van der Waals surface area contributed by atoms with E-state index in [0.717, 1.165) is 0 Å². The molecule has 22 heavy (non-hydrogen) atoms. The molecule has 0 aliphatic carbocycles. The van der Waals surface area contributed by atoms with Crippen LogP contribution in [0.5, 0.6) is 11.5 Å². The van der Waals surface area contributed by atoms with E-state index in [0.29, 0.717) is 43.6 Å². The molecule has 1 fully saturated rings. The molecule has 1 aromatic carbocycles. The van der Waals surface area contributed by atoms with E-state index in [1.165, 1.54) is 4.90 Å². The van der Waals surface area contributed by atoms with Crippen LogP contribution in [0.1, 0.15) is 13.3 Å². The van der Waals surface area contributed by atoms with Crippen LogP contribution in [0.15, 0.2) is 18.2 Å². The summed E-state index contributed by atoms with van der Waals surface area (Å²) >= 11 is 0. The van der Waals surface area contributed by atoms with Gasteiger partial charge < -0.3 is 18.9 Å². The van der Waals surface area contributed by atoms with Crippen molar-refractivity contribution >= 4 is 17.7 Å². The third kappa shape index (κ3) is 2.93. The summed E-state index contributed by atoms with van der Waals surface area (Å²) in [6.45, 7) is 3.34. The number of amides is 1. The number of carbonyl (C=O) groups is 2. The summed E-state index contributed by atoms with van der Waals surface area (Å²) in [5.41, 5.74) is 0.653. The highest BCUT2D eigenvalue weighted by Crippen LogP contribution is 2.35. The quantitative estimate of drug-likeness (QED) is 0.789. The Kier molecular flexibility index (Phi) is 4.04. The van der Waals surface area contributed by atoms with E-state index in [1.807, 2.05) is 0 Å². The minimum atomic E-state index is -0.500. The summed E-state index contributed by atoms with van der Waals surface area (Å²) < 4.78 is 21.0. The van der Waals surface area contributed by atoms with E-state index in [2.05, 4.69) is 0 Å². The molecule has 0 bridgehead atoms. The van der Waals surface area contributed by atoms with Gasteiger partial charge in [-0.15, -0.1) is 0 Å². The molecule has 1 saturated heterocycles. The number of hydrogen-bond acceptors (Lipinski definition) is 6. The van der Waals surface area contributed by atoms with Gasteiger partial charge in [0, 0.05) is 6.07 Å². The number of anilines is 1. The number of rotatable bonds is 4. The third-order valence-electron chi connectivity index (χ3n) is 3.41. The first-order valence-electron chi connectivity index (χ1n) is 7.21. The van der Waals surface area contributed by atoms with E-state index in [1.54, 1.807) is 25.1 Å². The summed E-state index contributed by atoms with van der Waals surface area (Å²) in [6.07, 6.45) is -0.925. The van der Waals surface area contributed by atoms with Gasteiger partial charge in [-0.2, -0.15) is 0 Å². The number of carbonyl (C=O) groups excluding carboxylic acids is 2. The zero-order valence-electron chi connectivity index (χ0n) is 12.2. The van der Waals surface area contributed by atoms with E-state index in [-0.39, 0.29) is 12.4 Å². The van der Waals surface area contributed by atoms with Crippen molar-refractivity contribution in [3.05, 3.63) is 18.2 Å². The Balaban J connectivity index is 1.70. The van der Waals surface area contributed by atoms with Crippen LogP contribution in [0.2, 0.25) is 0 Å². The van der Waals surface area contributed by atoms with Crippen molar-refractivity contribution in [3.8, 4) is 11.5 Å². The molecule has 7 heteroatoms. The van der Waals surface area contributed by atoms with Gasteiger partial charge in [-0.05, 0) is 19.1 Å². The topological polar surface area (TPSA) is 74.3 Å². The Morgan fingerprint density at radius 2 is 2.09 bits per heavy atom. The highest BCUT2D eigenvalue weighted by molar-refractivity contribution is 5.90. The van der Waals surface area contributed by atoms with Crippen molar-refractivity contribution < 1.29 is 28.5 Å². The Morgan fingerprint density at radius 1 is 1.32 bits per heavy atom. The lowest BCUT2D eigenvalue weighted by atomic mass is 10.2. The molecule has 1 atom stereocenters. The molecule has 2 heterocycles. The summed E-state index contributed by atoms with van der Waals surface area (Å²) in [5, 5.41) is 0. The number of hydrogen-bond donors (Lipinski definition) is 0. The Hall–Kier alpha value is -2.44. The second-order valence-electron chi connectivity index (χ2n) is 4.95. The van der Waals surface area contributed by atoms with Gasteiger partial charge in [0.05, 0.1) is 25.3 Å². The van der Waals surface area contributed by atoms with Crippen LogP contribution in [0.4, 0.5) is 10.5 Å². The summed E-state index contributed by atoms with van der Waals surface area (Å²) in [7, 11) is 0. The molecule has 0 saturated carbocycles. The summed E-state index contributed by atoms with van der Waals surface area (Å²) in [6, 6.07) is 5.26. The molecule has 0 N–H and O–H groups in total. The van der Waals surface area contributed by atoms with Crippen LogP contribution in [-0.2, 0) is 14.3 Å². The predicted molar refractivity (Wildman–Crippen MR) is 76.3 cm³/mol. The first-order valence-corrected chi connectivity index (χ1v) is 7.21. The zero-order chi connectivity index (χ0) is 15.5. The molecule has 3 rings (SSSR count). The SMILES string of the molecule is CCOC(=O)C[C@@H]1CN(c2ccc3c(c2)OCCO3)C(=O)O1. The maximum absolute atomic E-state index is 12.0. The molecular formula is C15H17NO6. The van der Waals surface area contributed by atoms with Crippen LogP contribution < -0.4 is 14.4 Å². The molecule has 7 nitrogen and oxygen atoms in total. The van der Waals surface area contributed by atoms with E-state index < -0.39 is 12.2 Å². The summed E-state index contributed by atoms with van der Waals surface area (Å²) in [4.78, 5) is 24.9. The Labute approximate surface area is 127 Å². The second kappa shape index (κ2) is 6.13. The van der Waals surface area contributed by atoms with Crippen molar-refractivity contribution in [3.63, 3.8) is 0 Å². The fourth-order valence-corrected chi connectivity index (χ4v) is 2.44. The van der Waals surface area contributed by atoms with Crippen molar-refractivity contribution in [2.24, 2.45) is 0 Å². The van der Waals surface area contributed by atoms with Gasteiger partial charge in [0.15, 0.2) is 11.5 Å². The summed E-state index contributed by atoms with van der Waals surface area (Å²) in [5.74, 6) is 0.889. The van der Waals surface area contributed by atoms with Gasteiger partial charge in [-0.1, -0.05) is 0 Å². The number of esters is 1.